The predicted molar refractivity (Wildman–Crippen MR) is 103 cm³/mol. The molecule has 1 amide bonds. The van der Waals surface area contributed by atoms with E-state index in [0.717, 1.165) is 37.6 Å². The van der Waals surface area contributed by atoms with Gasteiger partial charge >= 0.3 is 6.01 Å². The van der Waals surface area contributed by atoms with Gasteiger partial charge in [-0.05, 0) is 36.6 Å². The first-order valence-electron chi connectivity index (χ1n) is 9.01. The molecule has 0 saturated carbocycles. The molecular formula is C20H18ClFN4O2. The van der Waals surface area contributed by atoms with Crippen molar-refractivity contribution in [3.63, 3.8) is 0 Å². The number of benzene rings is 2. The van der Waals surface area contributed by atoms with E-state index in [4.69, 9.17) is 16.0 Å². The van der Waals surface area contributed by atoms with E-state index in [-0.39, 0.29) is 16.5 Å². The van der Waals surface area contributed by atoms with Crippen molar-refractivity contribution in [2.45, 2.75) is 18.9 Å². The van der Waals surface area contributed by atoms with Crippen molar-refractivity contribution < 1.29 is 13.6 Å². The number of anilines is 1. The zero-order valence-corrected chi connectivity index (χ0v) is 15.7. The molecule has 1 atom stereocenters. The normalized spacial score (nSPS) is 14.9. The van der Waals surface area contributed by atoms with Crippen LogP contribution in [0.2, 0.25) is 5.02 Å². The molecule has 3 aromatic rings. The fraction of sp³-hybridized carbons (Fsp3) is 0.250. The number of halogens is 2. The monoisotopic (exact) mass is 400 g/mol. The van der Waals surface area contributed by atoms with Crippen LogP contribution in [0, 0.1) is 5.82 Å². The number of nitrogens with zero attached hydrogens (tertiary/aromatic N) is 3. The second-order valence-corrected chi connectivity index (χ2v) is 6.97. The van der Waals surface area contributed by atoms with Crippen LogP contribution in [0.1, 0.15) is 40.7 Å². The van der Waals surface area contributed by atoms with Gasteiger partial charge in [0.05, 0.1) is 10.6 Å². The summed E-state index contributed by atoms with van der Waals surface area (Å²) in [5, 5.41) is 11.2. The highest BCUT2D eigenvalue weighted by atomic mass is 35.5. The average molecular weight is 401 g/mol. The predicted octanol–water partition coefficient (Wildman–Crippen LogP) is 3.98. The highest BCUT2D eigenvalue weighted by Crippen LogP contribution is 2.26. The zero-order chi connectivity index (χ0) is 19.5. The van der Waals surface area contributed by atoms with Crippen molar-refractivity contribution in [1.29, 1.82) is 0 Å². The standard InChI is InChI=1S/C20H18ClFN4O2/c21-16-12-14(22)8-9-15(16)18(27)23-17(13-6-2-1-3-7-13)19-24-25-20(28-19)26-10-4-5-11-26/h1-3,6-9,12,17H,4-5,10-11H2,(H,23,27). The summed E-state index contributed by atoms with van der Waals surface area (Å²) in [7, 11) is 0. The third-order valence-electron chi connectivity index (χ3n) is 4.64. The first-order chi connectivity index (χ1) is 13.6. The summed E-state index contributed by atoms with van der Waals surface area (Å²) in [6.07, 6.45) is 2.17. The minimum atomic E-state index is -0.654. The van der Waals surface area contributed by atoms with Gasteiger partial charge in [-0.25, -0.2) is 4.39 Å². The van der Waals surface area contributed by atoms with E-state index in [1.54, 1.807) is 0 Å². The van der Waals surface area contributed by atoms with Crippen molar-refractivity contribution in [2.24, 2.45) is 0 Å². The fourth-order valence-corrected chi connectivity index (χ4v) is 3.45. The molecule has 4 rings (SSSR count). The first-order valence-corrected chi connectivity index (χ1v) is 9.39. The molecule has 8 heteroatoms. The lowest BCUT2D eigenvalue weighted by Crippen LogP contribution is -2.30. The summed E-state index contributed by atoms with van der Waals surface area (Å²) >= 11 is 6.03. The number of carbonyl (C=O) groups is 1. The Labute approximate surface area is 166 Å². The summed E-state index contributed by atoms with van der Waals surface area (Å²) in [6.45, 7) is 1.74. The number of hydrogen-bond acceptors (Lipinski definition) is 5. The van der Waals surface area contributed by atoms with Crippen LogP contribution >= 0.6 is 11.6 Å². The lowest BCUT2D eigenvalue weighted by Gasteiger charge is -2.17. The Morgan fingerprint density at radius 1 is 1.14 bits per heavy atom. The lowest BCUT2D eigenvalue weighted by molar-refractivity contribution is 0.0938. The van der Waals surface area contributed by atoms with Gasteiger partial charge in [-0.3, -0.25) is 4.79 Å². The van der Waals surface area contributed by atoms with Crippen molar-refractivity contribution >= 4 is 23.5 Å². The van der Waals surface area contributed by atoms with Gasteiger partial charge in [-0.15, -0.1) is 5.10 Å². The molecule has 1 N–H and O–H groups in total. The van der Waals surface area contributed by atoms with Crippen LogP contribution in [0.15, 0.2) is 52.9 Å². The summed E-state index contributed by atoms with van der Waals surface area (Å²) < 4.78 is 19.2. The molecule has 1 saturated heterocycles. The zero-order valence-electron chi connectivity index (χ0n) is 14.9. The van der Waals surface area contributed by atoms with Gasteiger partial charge in [0.1, 0.15) is 11.9 Å². The Hall–Kier alpha value is -2.93. The van der Waals surface area contributed by atoms with Crippen LogP contribution < -0.4 is 10.2 Å². The first kappa shape index (κ1) is 18.4. The summed E-state index contributed by atoms with van der Waals surface area (Å²) in [4.78, 5) is 14.8. The molecule has 1 aromatic heterocycles. The second kappa shape index (κ2) is 7.98. The highest BCUT2D eigenvalue weighted by molar-refractivity contribution is 6.33. The fourth-order valence-electron chi connectivity index (χ4n) is 3.19. The molecular weight excluding hydrogens is 383 g/mol. The van der Waals surface area contributed by atoms with Crippen molar-refractivity contribution in [3.8, 4) is 0 Å². The number of amides is 1. The Morgan fingerprint density at radius 2 is 1.89 bits per heavy atom. The number of rotatable bonds is 5. The molecule has 2 heterocycles. The molecule has 1 fully saturated rings. The van der Waals surface area contributed by atoms with Gasteiger partial charge in [-0.1, -0.05) is 47.0 Å². The smallest absolute Gasteiger partial charge is 0.318 e. The summed E-state index contributed by atoms with van der Waals surface area (Å²) in [5.41, 5.74) is 0.953. The third-order valence-corrected chi connectivity index (χ3v) is 4.95. The van der Waals surface area contributed by atoms with Gasteiger partial charge in [0.2, 0.25) is 5.89 Å². The van der Waals surface area contributed by atoms with Crippen molar-refractivity contribution in [3.05, 3.63) is 76.4 Å². The average Bonchev–Trinajstić information content (AvgIpc) is 3.38. The van der Waals surface area contributed by atoms with Crippen LogP contribution in [0.25, 0.3) is 0 Å². The van der Waals surface area contributed by atoms with E-state index in [0.29, 0.717) is 6.01 Å². The Balaban J connectivity index is 1.63. The molecule has 0 spiro atoms. The number of nitrogens with one attached hydrogen (secondary N) is 1. The lowest BCUT2D eigenvalue weighted by atomic mass is 10.1. The molecule has 0 bridgehead atoms. The van der Waals surface area contributed by atoms with Gasteiger partial charge in [-0.2, -0.15) is 0 Å². The molecule has 144 valence electrons. The van der Waals surface area contributed by atoms with Crippen molar-refractivity contribution in [2.75, 3.05) is 18.0 Å². The van der Waals surface area contributed by atoms with Crippen LogP contribution in [0.5, 0.6) is 0 Å². The highest BCUT2D eigenvalue weighted by Gasteiger charge is 2.26. The van der Waals surface area contributed by atoms with Gasteiger partial charge < -0.3 is 14.6 Å². The van der Waals surface area contributed by atoms with E-state index in [1.165, 1.54) is 12.1 Å². The SMILES string of the molecule is O=C(NC(c1ccccc1)c1nnc(N2CCCC2)o1)c1ccc(F)cc1Cl. The van der Waals surface area contributed by atoms with Crippen molar-refractivity contribution in [1.82, 2.24) is 15.5 Å². The second-order valence-electron chi connectivity index (χ2n) is 6.56. The minimum absolute atomic E-state index is 0.0348. The Morgan fingerprint density at radius 3 is 2.61 bits per heavy atom. The largest absolute Gasteiger partial charge is 0.405 e. The Bertz CT molecular complexity index is 973. The van der Waals surface area contributed by atoms with E-state index >= 15 is 0 Å². The summed E-state index contributed by atoms with van der Waals surface area (Å²) in [5.74, 6) is -0.687. The summed E-state index contributed by atoms with van der Waals surface area (Å²) in [6, 6.07) is 12.7. The van der Waals surface area contributed by atoms with Crippen LogP contribution in [-0.4, -0.2) is 29.2 Å². The van der Waals surface area contributed by atoms with Crippen LogP contribution in [-0.2, 0) is 0 Å². The molecule has 1 aliphatic heterocycles. The van der Waals surface area contributed by atoms with E-state index < -0.39 is 17.8 Å². The van der Waals surface area contributed by atoms with Gasteiger partial charge in [0.15, 0.2) is 0 Å². The molecule has 0 aliphatic carbocycles. The van der Waals surface area contributed by atoms with Gasteiger partial charge in [0.25, 0.3) is 5.91 Å². The third kappa shape index (κ3) is 3.84. The molecule has 2 aromatic carbocycles. The number of hydrogen-bond donors (Lipinski definition) is 1. The molecule has 1 unspecified atom stereocenters. The maximum absolute atomic E-state index is 13.3. The topological polar surface area (TPSA) is 71.3 Å². The van der Waals surface area contributed by atoms with Crippen LogP contribution in [0.3, 0.4) is 0 Å². The molecule has 1 aliphatic rings. The maximum atomic E-state index is 13.3. The van der Waals surface area contributed by atoms with E-state index in [9.17, 15) is 9.18 Å². The van der Waals surface area contributed by atoms with Crippen LogP contribution in [0.4, 0.5) is 10.4 Å². The van der Waals surface area contributed by atoms with E-state index in [1.807, 2.05) is 35.2 Å². The molecule has 6 nitrogen and oxygen atoms in total. The van der Waals surface area contributed by atoms with Gasteiger partial charge in [0, 0.05) is 13.1 Å². The molecule has 0 radical (unpaired) electrons. The maximum Gasteiger partial charge on any atom is 0.318 e. The minimum Gasteiger partial charge on any atom is -0.405 e. The number of carbonyl (C=O) groups excluding carboxylic acids is 1. The quantitative estimate of drug-likeness (QED) is 0.701. The number of aromatic nitrogens is 2. The molecule has 28 heavy (non-hydrogen) atoms. The Kier molecular flexibility index (Phi) is 5.25. The van der Waals surface area contributed by atoms with E-state index in [2.05, 4.69) is 15.5 Å².